The Morgan fingerprint density at radius 2 is 1.91 bits per heavy atom. The van der Waals surface area contributed by atoms with Crippen molar-refractivity contribution in [1.29, 1.82) is 0 Å². The molecule has 0 aliphatic carbocycles. The predicted octanol–water partition coefficient (Wildman–Crippen LogP) is 3.91. The summed E-state index contributed by atoms with van der Waals surface area (Å²) in [6, 6.07) is 11.7. The first kappa shape index (κ1) is 17.2. The van der Waals surface area contributed by atoms with E-state index in [1.54, 1.807) is 6.92 Å². The smallest absolute Gasteiger partial charge is 0.342 e. The van der Waals surface area contributed by atoms with Crippen LogP contribution >= 0.6 is 11.3 Å². The van der Waals surface area contributed by atoms with Crippen molar-refractivity contribution in [1.82, 2.24) is 0 Å². The molecule has 0 fully saturated rings. The summed E-state index contributed by atoms with van der Waals surface area (Å²) in [5.41, 5.74) is 7.95. The molecule has 23 heavy (non-hydrogen) atoms. The Kier molecular flexibility index (Phi) is 5.93. The Hall–Kier alpha value is -2.14. The van der Waals surface area contributed by atoms with Crippen molar-refractivity contribution >= 4 is 23.1 Å². The SMILES string of the molecule is CC(C)Cc1ccc([C@H](C)C(=O)O/N=C(/N)c2cccs2)cc1. The molecule has 122 valence electrons. The molecule has 0 aliphatic heterocycles. The summed E-state index contributed by atoms with van der Waals surface area (Å²) in [5.74, 6) is 0.0229. The van der Waals surface area contributed by atoms with E-state index in [-0.39, 0.29) is 11.8 Å². The van der Waals surface area contributed by atoms with Gasteiger partial charge in [-0.05, 0) is 41.8 Å². The molecular formula is C18H22N2O2S. The zero-order valence-corrected chi connectivity index (χ0v) is 14.5. The zero-order valence-electron chi connectivity index (χ0n) is 13.7. The van der Waals surface area contributed by atoms with E-state index in [1.807, 2.05) is 29.6 Å². The van der Waals surface area contributed by atoms with Crippen molar-refractivity contribution in [3.8, 4) is 0 Å². The van der Waals surface area contributed by atoms with Crippen LogP contribution in [0, 0.1) is 5.92 Å². The lowest BCUT2D eigenvalue weighted by atomic mass is 9.97. The molecule has 4 nitrogen and oxygen atoms in total. The Balaban J connectivity index is 1.98. The lowest BCUT2D eigenvalue weighted by molar-refractivity contribution is -0.145. The Labute approximate surface area is 141 Å². The second-order valence-electron chi connectivity index (χ2n) is 5.93. The largest absolute Gasteiger partial charge is 0.380 e. The molecule has 1 atom stereocenters. The third-order valence-corrected chi connectivity index (χ3v) is 4.38. The van der Waals surface area contributed by atoms with E-state index in [0.29, 0.717) is 5.92 Å². The van der Waals surface area contributed by atoms with Crippen LogP contribution in [0.3, 0.4) is 0 Å². The normalized spacial score (nSPS) is 13.1. The molecule has 0 unspecified atom stereocenters. The molecule has 2 rings (SSSR count). The van der Waals surface area contributed by atoms with Crippen LogP contribution in [0.5, 0.6) is 0 Å². The van der Waals surface area contributed by atoms with E-state index in [0.717, 1.165) is 16.9 Å². The molecule has 0 bridgehead atoms. The number of amidine groups is 1. The van der Waals surface area contributed by atoms with Crippen LogP contribution in [-0.4, -0.2) is 11.8 Å². The molecule has 1 heterocycles. The topological polar surface area (TPSA) is 64.7 Å². The van der Waals surface area contributed by atoms with E-state index >= 15 is 0 Å². The summed E-state index contributed by atoms with van der Waals surface area (Å²) in [7, 11) is 0. The van der Waals surface area contributed by atoms with Gasteiger partial charge < -0.3 is 10.6 Å². The number of benzene rings is 1. The van der Waals surface area contributed by atoms with Crippen LogP contribution in [0.4, 0.5) is 0 Å². The average Bonchev–Trinajstić information content (AvgIpc) is 3.06. The standard InChI is InChI=1S/C18H22N2O2S/c1-12(2)11-14-6-8-15(9-7-14)13(3)18(21)22-20-17(19)16-5-4-10-23-16/h4-10,12-13H,11H2,1-3H3,(H2,19,20)/t13-/m0/s1. The summed E-state index contributed by atoms with van der Waals surface area (Å²) in [5, 5.41) is 5.62. The van der Waals surface area contributed by atoms with Gasteiger partial charge >= 0.3 is 5.97 Å². The number of hydrogen-bond donors (Lipinski definition) is 1. The highest BCUT2D eigenvalue weighted by Gasteiger charge is 2.17. The minimum atomic E-state index is -0.416. The fraction of sp³-hybridized carbons (Fsp3) is 0.333. The first-order chi connectivity index (χ1) is 11.0. The molecule has 1 aromatic carbocycles. The number of nitrogens with zero attached hydrogens (tertiary/aromatic N) is 1. The lowest BCUT2D eigenvalue weighted by Gasteiger charge is -2.10. The summed E-state index contributed by atoms with van der Waals surface area (Å²) < 4.78 is 0. The van der Waals surface area contributed by atoms with Gasteiger partial charge in [0.05, 0.1) is 10.8 Å². The van der Waals surface area contributed by atoms with Crippen molar-refractivity contribution in [2.45, 2.75) is 33.1 Å². The predicted molar refractivity (Wildman–Crippen MR) is 94.5 cm³/mol. The monoisotopic (exact) mass is 330 g/mol. The van der Waals surface area contributed by atoms with Crippen LogP contribution < -0.4 is 5.73 Å². The van der Waals surface area contributed by atoms with Gasteiger partial charge in [-0.2, -0.15) is 0 Å². The van der Waals surface area contributed by atoms with E-state index in [4.69, 9.17) is 10.6 Å². The van der Waals surface area contributed by atoms with Crippen molar-refractivity contribution in [3.63, 3.8) is 0 Å². The van der Waals surface area contributed by atoms with Gasteiger partial charge in [0.25, 0.3) is 0 Å². The van der Waals surface area contributed by atoms with Gasteiger partial charge in [0, 0.05) is 0 Å². The molecular weight excluding hydrogens is 308 g/mol. The molecule has 0 saturated carbocycles. The van der Waals surface area contributed by atoms with Crippen LogP contribution in [0.2, 0.25) is 0 Å². The van der Waals surface area contributed by atoms with Gasteiger partial charge in [0.15, 0.2) is 5.84 Å². The summed E-state index contributed by atoms with van der Waals surface area (Å²) in [6.45, 7) is 6.17. The third-order valence-electron chi connectivity index (χ3n) is 3.48. The van der Waals surface area contributed by atoms with Crippen LogP contribution in [0.1, 0.15) is 42.7 Å². The first-order valence-electron chi connectivity index (χ1n) is 7.64. The summed E-state index contributed by atoms with van der Waals surface area (Å²) in [6.07, 6.45) is 1.03. The second kappa shape index (κ2) is 7.92. The molecule has 0 aliphatic rings. The van der Waals surface area contributed by atoms with Gasteiger partial charge in [0.2, 0.25) is 0 Å². The molecule has 1 aromatic heterocycles. The number of hydrogen-bond acceptors (Lipinski definition) is 4. The third kappa shape index (κ3) is 4.93. The highest BCUT2D eigenvalue weighted by molar-refractivity contribution is 7.12. The maximum atomic E-state index is 12.1. The van der Waals surface area contributed by atoms with Crippen LogP contribution in [0.15, 0.2) is 46.9 Å². The van der Waals surface area contributed by atoms with Crippen molar-refractivity contribution in [2.75, 3.05) is 0 Å². The number of carbonyl (C=O) groups excluding carboxylic acids is 1. The zero-order chi connectivity index (χ0) is 16.8. The van der Waals surface area contributed by atoms with Crippen molar-refractivity contribution in [3.05, 3.63) is 57.8 Å². The van der Waals surface area contributed by atoms with E-state index in [9.17, 15) is 4.79 Å². The minimum Gasteiger partial charge on any atom is -0.380 e. The number of rotatable bonds is 6. The lowest BCUT2D eigenvalue weighted by Crippen LogP contribution is -2.16. The van der Waals surface area contributed by atoms with Crippen molar-refractivity contribution in [2.24, 2.45) is 16.8 Å². The molecule has 0 radical (unpaired) electrons. The van der Waals surface area contributed by atoms with Crippen LogP contribution in [0.25, 0.3) is 0 Å². The van der Waals surface area contributed by atoms with Crippen LogP contribution in [-0.2, 0) is 16.1 Å². The minimum absolute atomic E-state index is 0.216. The van der Waals surface area contributed by atoms with Gasteiger partial charge in [0.1, 0.15) is 0 Å². The number of thiophene rings is 1. The maximum absolute atomic E-state index is 12.1. The van der Waals surface area contributed by atoms with Crippen molar-refractivity contribution < 1.29 is 9.63 Å². The average molecular weight is 330 g/mol. The van der Waals surface area contributed by atoms with Gasteiger partial charge in [-0.15, -0.1) is 11.3 Å². The summed E-state index contributed by atoms with van der Waals surface area (Å²) in [4.78, 5) is 17.8. The number of nitrogens with two attached hydrogens (primary N) is 1. The Morgan fingerprint density at radius 3 is 2.48 bits per heavy atom. The molecule has 2 N–H and O–H groups in total. The molecule has 0 spiro atoms. The fourth-order valence-electron chi connectivity index (χ4n) is 2.19. The first-order valence-corrected chi connectivity index (χ1v) is 8.52. The van der Waals surface area contributed by atoms with E-state index < -0.39 is 5.97 Å². The molecule has 2 aromatic rings. The van der Waals surface area contributed by atoms with Gasteiger partial charge in [-0.25, -0.2) is 4.79 Å². The quantitative estimate of drug-likeness (QED) is 0.378. The van der Waals surface area contributed by atoms with E-state index in [2.05, 4.69) is 31.1 Å². The highest BCUT2D eigenvalue weighted by atomic mass is 32.1. The molecule has 5 heteroatoms. The van der Waals surface area contributed by atoms with E-state index in [1.165, 1.54) is 16.9 Å². The van der Waals surface area contributed by atoms with Gasteiger partial charge in [-0.1, -0.05) is 49.3 Å². The second-order valence-corrected chi connectivity index (χ2v) is 6.87. The number of carbonyl (C=O) groups is 1. The highest BCUT2D eigenvalue weighted by Crippen LogP contribution is 2.19. The fourth-order valence-corrected chi connectivity index (χ4v) is 2.81. The summed E-state index contributed by atoms with van der Waals surface area (Å²) >= 11 is 1.45. The molecule has 0 saturated heterocycles. The maximum Gasteiger partial charge on any atom is 0.342 e. The molecule has 0 amide bonds. The Morgan fingerprint density at radius 1 is 1.22 bits per heavy atom. The Bertz CT molecular complexity index is 661. The van der Waals surface area contributed by atoms with Gasteiger partial charge in [-0.3, -0.25) is 0 Å². The number of oxime groups is 1.